The fourth-order valence-electron chi connectivity index (χ4n) is 3.73. The number of rotatable bonds is 3. The Labute approximate surface area is 188 Å². The largest absolute Gasteiger partial charge is 0.465 e. The van der Waals surface area contributed by atoms with Gasteiger partial charge in [0.1, 0.15) is 5.15 Å². The second-order valence-corrected chi connectivity index (χ2v) is 7.53. The van der Waals surface area contributed by atoms with Crippen LogP contribution >= 0.6 is 11.6 Å². The molecule has 5 nitrogen and oxygen atoms in total. The lowest BCUT2D eigenvalue weighted by Gasteiger charge is -2.27. The van der Waals surface area contributed by atoms with Gasteiger partial charge in [-0.2, -0.15) is 0 Å². The standard InChI is InChI=1S/C23H21ClN2O3.C2H6/c1-29-23(28)16-7-5-15(6-8-16)17-9-10-20-18(13-17)19(14-21(24)25-20)22(27)26-11-3-2-4-12-26;1-2/h5-10,13-14H,2-4,11-12H2,1H3;1-2H3. The highest BCUT2D eigenvalue weighted by Gasteiger charge is 2.21. The molecule has 1 aromatic heterocycles. The summed E-state index contributed by atoms with van der Waals surface area (Å²) >= 11 is 6.20. The minimum atomic E-state index is -0.372. The van der Waals surface area contributed by atoms with Gasteiger partial charge in [0.05, 0.1) is 23.8 Å². The number of fused-ring (bicyclic) bond motifs is 1. The molecule has 0 bridgehead atoms. The number of nitrogens with zero attached hydrogens (tertiary/aromatic N) is 2. The van der Waals surface area contributed by atoms with Crippen molar-refractivity contribution in [1.82, 2.24) is 9.88 Å². The number of amides is 1. The molecule has 6 heteroatoms. The quantitative estimate of drug-likeness (QED) is 0.372. The van der Waals surface area contributed by atoms with Crippen LogP contribution in [0.25, 0.3) is 22.0 Å². The maximum atomic E-state index is 13.2. The van der Waals surface area contributed by atoms with Gasteiger partial charge in [0.15, 0.2) is 0 Å². The van der Waals surface area contributed by atoms with E-state index < -0.39 is 0 Å². The second kappa shape index (κ2) is 10.4. The average Bonchev–Trinajstić information content (AvgIpc) is 2.84. The van der Waals surface area contributed by atoms with E-state index in [2.05, 4.69) is 4.98 Å². The monoisotopic (exact) mass is 438 g/mol. The average molecular weight is 439 g/mol. The maximum absolute atomic E-state index is 13.2. The lowest BCUT2D eigenvalue weighted by molar-refractivity contribution is 0.0600. The number of pyridine rings is 1. The van der Waals surface area contributed by atoms with Crippen LogP contribution in [-0.4, -0.2) is 42.0 Å². The molecule has 1 fully saturated rings. The summed E-state index contributed by atoms with van der Waals surface area (Å²) in [5.41, 5.74) is 3.63. The molecule has 1 aliphatic rings. The minimum Gasteiger partial charge on any atom is -0.465 e. The molecule has 0 spiro atoms. The van der Waals surface area contributed by atoms with Crippen LogP contribution in [0.3, 0.4) is 0 Å². The highest BCUT2D eigenvalue weighted by atomic mass is 35.5. The van der Waals surface area contributed by atoms with Crippen LogP contribution in [0.5, 0.6) is 0 Å². The fraction of sp³-hybridized carbons (Fsp3) is 0.320. The molecule has 0 N–H and O–H groups in total. The number of benzene rings is 2. The van der Waals surface area contributed by atoms with Crippen molar-refractivity contribution in [3.8, 4) is 11.1 Å². The Morgan fingerprint density at radius 1 is 0.935 bits per heavy atom. The van der Waals surface area contributed by atoms with Gasteiger partial charge < -0.3 is 9.64 Å². The first-order valence-corrected chi connectivity index (χ1v) is 11.0. The molecule has 1 amide bonds. The molecule has 4 rings (SSSR count). The van der Waals surface area contributed by atoms with Gasteiger partial charge in [-0.25, -0.2) is 9.78 Å². The van der Waals surface area contributed by atoms with Crippen LogP contribution < -0.4 is 0 Å². The van der Waals surface area contributed by atoms with Crippen LogP contribution in [0, 0.1) is 0 Å². The number of aromatic nitrogens is 1. The first-order valence-electron chi connectivity index (χ1n) is 10.6. The van der Waals surface area contributed by atoms with Crippen LogP contribution in [0.2, 0.25) is 5.15 Å². The summed E-state index contributed by atoms with van der Waals surface area (Å²) in [6.07, 6.45) is 3.22. The number of methoxy groups -OCH3 is 1. The molecule has 0 aliphatic carbocycles. The van der Waals surface area contributed by atoms with Crippen molar-refractivity contribution in [1.29, 1.82) is 0 Å². The third kappa shape index (κ3) is 5.05. The Kier molecular flexibility index (Phi) is 7.64. The molecule has 0 atom stereocenters. The number of esters is 1. The van der Waals surface area contributed by atoms with E-state index in [1.54, 1.807) is 18.2 Å². The predicted molar refractivity (Wildman–Crippen MR) is 125 cm³/mol. The number of carbonyl (C=O) groups is 2. The summed E-state index contributed by atoms with van der Waals surface area (Å²) in [7, 11) is 1.36. The van der Waals surface area contributed by atoms with E-state index in [0.29, 0.717) is 21.8 Å². The zero-order valence-electron chi connectivity index (χ0n) is 18.2. The van der Waals surface area contributed by atoms with Crippen molar-refractivity contribution in [3.63, 3.8) is 0 Å². The summed E-state index contributed by atoms with van der Waals surface area (Å²) < 4.78 is 4.75. The zero-order valence-corrected chi connectivity index (χ0v) is 18.9. The molecule has 0 unspecified atom stereocenters. The number of ether oxygens (including phenoxy) is 1. The Balaban J connectivity index is 0.00000132. The van der Waals surface area contributed by atoms with E-state index in [-0.39, 0.29) is 11.9 Å². The lowest BCUT2D eigenvalue weighted by Crippen LogP contribution is -2.35. The number of piperidine rings is 1. The van der Waals surface area contributed by atoms with E-state index in [9.17, 15) is 9.59 Å². The first-order chi connectivity index (χ1) is 15.1. The van der Waals surface area contributed by atoms with Gasteiger partial charge in [-0.15, -0.1) is 0 Å². The van der Waals surface area contributed by atoms with Gasteiger partial charge in [-0.3, -0.25) is 4.79 Å². The molecule has 2 aromatic carbocycles. The molecule has 1 aliphatic heterocycles. The molecule has 0 radical (unpaired) electrons. The van der Waals surface area contributed by atoms with E-state index in [1.807, 2.05) is 49.1 Å². The third-order valence-electron chi connectivity index (χ3n) is 5.29. The number of hydrogen-bond donors (Lipinski definition) is 0. The highest BCUT2D eigenvalue weighted by Crippen LogP contribution is 2.29. The maximum Gasteiger partial charge on any atom is 0.337 e. The van der Waals surface area contributed by atoms with Crippen LogP contribution in [0.1, 0.15) is 53.8 Å². The Hall–Kier alpha value is -2.92. The van der Waals surface area contributed by atoms with Crippen LogP contribution in [0.15, 0.2) is 48.5 Å². The topological polar surface area (TPSA) is 59.5 Å². The second-order valence-electron chi connectivity index (χ2n) is 7.15. The number of likely N-dealkylation sites (tertiary alicyclic amines) is 1. The van der Waals surface area contributed by atoms with E-state index in [1.165, 1.54) is 7.11 Å². The zero-order chi connectivity index (χ0) is 22.4. The van der Waals surface area contributed by atoms with Crippen molar-refractivity contribution in [2.75, 3.05) is 20.2 Å². The van der Waals surface area contributed by atoms with Crippen molar-refractivity contribution >= 4 is 34.4 Å². The summed E-state index contributed by atoms with van der Waals surface area (Å²) in [5.74, 6) is -0.375. The van der Waals surface area contributed by atoms with Gasteiger partial charge in [-0.05, 0) is 60.7 Å². The van der Waals surface area contributed by atoms with Gasteiger partial charge in [0.25, 0.3) is 5.91 Å². The van der Waals surface area contributed by atoms with E-state index in [4.69, 9.17) is 16.3 Å². The SMILES string of the molecule is CC.COC(=O)c1ccc(-c2ccc3nc(Cl)cc(C(=O)N4CCCCC4)c3c2)cc1. The minimum absolute atomic E-state index is 0.00260. The van der Waals surface area contributed by atoms with Crippen molar-refractivity contribution in [2.45, 2.75) is 33.1 Å². The Bertz CT molecular complexity index is 1070. The lowest BCUT2D eigenvalue weighted by atomic mass is 9.99. The highest BCUT2D eigenvalue weighted by molar-refractivity contribution is 6.30. The predicted octanol–water partition coefficient (Wildman–Crippen LogP) is 5.99. The summed E-state index contributed by atoms with van der Waals surface area (Å²) in [5, 5.41) is 1.09. The third-order valence-corrected chi connectivity index (χ3v) is 5.48. The summed E-state index contributed by atoms with van der Waals surface area (Å²) in [6.45, 7) is 5.55. The normalized spacial score (nSPS) is 13.4. The molecular formula is C25H27ClN2O3. The molecular weight excluding hydrogens is 412 g/mol. The molecule has 2 heterocycles. The van der Waals surface area contributed by atoms with Crippen molar-refractivity contribution < 1.29 is 14.3 Å². The van der Waals surface area contributed by atoms with E-state index in [0.717, 1.165) is 48.9 Å². The number of halogens is 1. The summed E-state index contributed by atoms with van der Waals surface area (Å²) in [6, 6.07) is 14.6. The van der Waals surface area contributed by atoms with Gasteiger partial charge in [0.2, 0.25) is 0 Å². The number of carbonyl (C=O) groups excluding carboxylic acids is 2. The van der Waals surface area contributed by atoms with Crippen LogP contribution in [-0.2, 0) is 4.74 Å². The molecule has 31 heavy (non-hydrogen) atoms. The van der Waals surface area contributed by atoms with Gasteiger partial charge >= 0.3 is 5.97 Å². The first kappa shape index (κ1) is 22.8. The molecule has 1 saturated heterocycles. The van der Waals surface area contributed by atoms with Crippen LogP contribution in [0.4, 0.5) is 0 Å². The molecule has 162 valence electrons. The Morgan fingerprint density at radius 3 is 2.23 bits per heavy atom. The number of hydrogen-bond acceptors (Lipinski definition) is 4. The van der Waals surface area contributed by atoms with E-state index >= 15 is 0 Å². The van der Waals surface area contributed by atoms with Gasteiger partial charge in [0, 0.05) is 18.5 Å². The van der Waals surface area contributed by atoms with Crippen molar-refractivity contribution in [2.24, 2.45) is 0 Å². The molecule has 0 saturated carbocycles. The van der Waals surface area contributed by atoms with Gasteiger partial charge in [-0.1, -0.05) is 43.6 Å². The summed E-state index contributed by atoms with van der Waals surface area (Å²) in [4.78, 5) is 31.1. The van der Waals surface area contributed by atoms with Crippen molar-refractivity contribution in [3.05, 3.63) is 64.8 Å². The fourth-order valence-corrected chi connectivity index (χ4v) is 3.93. The smallest absolute Gasteiger partial charge is 0.337 e. The molecule has 3 aromatic rings. The Morgan fingerprint density at radius 2 is 1.58 bits per heavy atom.